The van der Waals surface area contributed by atoms with E-state index >= 15 is 0 Å². The predicted octanol–water partition coefficient (Wildman–Crippen LogP) is 3.53. The van der Waals surface area contributed by atoms with Crippen molar-refractivity contribution in [3.63, 3.8) is 0 Å². The molecule has 1 amide bonds. The lowest BCUT2D eigenvalue weighted by atomic mass is 9.90. The normalized spacial score (nSPS) is 21.9. The number of carbonyl (C=O) groups excluding carboxylic acids is 1. The Morgan fingerprint density at radius 2 is 1.92 bits per heavy atom. The van der Waals surface area contributed by atoms with Crippen molar-refractivity contribution in [1.82, 2.24) is 10.6 Å². The first-order valence-corrected chi connectivity index (χ1v) is 9.84. The van der Waals surface area contributed by atoms with Gasteiger partial charge in [-0.25, -0.2) is 0 Å². The molecule has 0 spiro atoms. The minimum Gasteiger partial charge on any atom is -0.354 e. The molecule has 1 aliphatic rings. The fourth-order valence-corrected chi connectivity index (χ4v) is 3.94. The van der Waals surface area contributed by atoms with Gasteiger partial charge in [0.25, 0.3) is 0 Å². The van der Waals surface area contributed by atoms with Gasteiger partial charge in [0.05, 0.1) is 0 Å². The standard InChI is InChI=1S/C21H35N3O/c1-4-21(5-2,24-16(3)17-10-7-6-8-11-17)15-23-20(25)14-18-12-9-13-19(18)22/h6-8,10-11,16,18-19,24H,4-5,9,12-15,22H2,1-3H3,(H,23,25)/t16?,18-,19+/m0/s1. The smallest absolute Gasteiger partial charge is 0.220 e. The second-order valence-corrected chi connectivity index (χ2v) is 7.60. The number of carbonyl (C=O) groups is 1. The Bertz CT molecular complexity index is 527. The average molecular weight is 346 g/mol. The van der Waals surface area contributed by atoms with Gasteiger partial charge in [-0.15, -0.1) is 0 Å². The van der Waals surface area contributed by atoms with E-state index in [1.54, 1.807) is 0 Å². The van der Waals surface area contributed by atoms with Crippen LogP contribution in [-0.4, -0.2) is 24.0 Å². The van der Waals surface area contributed by atoms with Crippen LogP contribution in [-0.2, 0) is 4.79 Å². The van der Waals surface area contributed by atoms with Crippen LogP contribution in [0, 0.1) is 5.92 Å². The van der Waals surface area contributed by atoms with Crippen LogP contribution in [0.15, 0.2) is 30.3 Å². The van der Waals surface area contributed by atoms with E-state index in [1.807, 2.05) is 6.07 Å². The summed E-state index contributed by atoms with van der Waals surface area (Å²) in [6.07, 6.45) is 5.82. The van der Waals surface area contributed by atoms with E-state index < -0.39 is 0 Å². The predicted molar refractivity (Wildman–Crippen MR) is 104 cm³/mol. The molecule has 1 aromatic rings. The number of rotatable bonds is 9. The number of nitrogens with two attached hydrogens (primary N) is 1. The minimum atomic E-state index is -0.0806. The van der Waals surface area contributed by atoms with Gasteiger partial charge in [-0.2, -0.15) is 0 Å². The molecule has 1 fully saturated rings. The third-order valence-corrected chi connectivity index (χ3v) is 5.97. The first-order valence-electron chi connectivity index (χ1n) is 9.84. The molecule has 4 heteroatoms. The molecule has 0 saturated heterocycles. The van der Waals surface area contributed by atoms with Gasteiger partial charge in [0, 0.05) is 30.6 Å². The number of nitrogens with one attached hydrogen (secondary N) is 2. The summed E-state index contributed by atoms with van der Waals surface area (Å²) in [7, 11) is 0. The van der Waals surface area contributed by atoms with Crippen molar-refractivity contribution in [2.75, 3.05) is 6.54 Å². The molecule has 25 heavy (non-hydrogen) atoms. The highest BCUT2D eigenvalue weighted by Gasteiger charge is 2.30. The summed E-state index contributed by atoms with van der Waals surface area (Å²) in [5.41, 5.74) is 7.29. The zero-order valence-corrected chi connectivity index (χ0v) is 16.1. The van der Waals surface area contributed by atoms with E-state index in [0.717, 1.165) is 32.1 Å². The van der Waals surface area contributed by atoms with E-state index in [9.17, 15) is 4.79 Å². The molecule has 1 aliphatic carbocycles. The fourth-order valence-electron chi connectivity index (χ4n) is 3.94. The Balaban J connectivity index is 1.91. The summed E-state index contributed by atoms with van der Waals surface area (Å²) < 4.78 is 0. The molecule has 0 aliphatic heterocycles. The lowest BCUT2D eigenvalue weighted by Gasteiger charge is -2.36. The Kier molecular flexibility index (Phi) is 7.45. The van der Waals surface area contributed by atoms with Gasteiger partial charge in [0.2, 0.25) is 5.91 Å². The second kappa shape index (κ2) is 9.35. The van der Waals surface area contributed by atoms with Crippen molar-refractivity contribution < 1.29 is 4.79 Å². The van der Waals surface area contributed by atoms with Gasteiger partial charge < -0.3 is 16.4 Å². The molecular weight excluding hydrogens is 310 g/mol. The van der Waals surface area contributed by atoms with Crippen LogP contribution >= 0.6 is 0 Å². The van der Waals surface area contributed by atoms with E-state index in [4.69, 9.17) is 5.73 Å². The molecule has 1 unspecified atom stereocenters. The average Bonchev–Trinajstić information content (AvgIpc) is 3.04. The summed E-state index contributed by atoms with van der Waals surface area (Å²) in [6, 6.07) is 10.9. The Labute approximate surface area is 153 Å². The molecule has 1 saturated carbocycles. The maximum atomic E-state index is 12.4. The zero-order chi connectivity index (χ0) is 18.3. The number of hydrogen-bond acceptors (Lipinski definition) is 3. The van der Waals surface area contributed by atoms with Crippen molar-refractivity contribution >= 4 is 5.91 Å². The maximum absolute atomic E-state index is 12.4. The molecule has 0 radical (unpaired) electrons. The van der Waals surface area contributed by atoms with E-state index in [2.05, 4.69) is 55.7 Å². The van der Waals surface area contributed by atoms with E-state index in [-0.39, 0.29) is 23.5 Å². The molecule has 3 atom stereocenters. The van der Waals surface area contributed by atoms with E-state index in [0.29, 0.717) is 18.9 Å². The number of hydrogen-bond donors (Lipinski definition) is 3. The largest absolute Gasteiger partial charge is 0.354 e. The highest BCUT2D eigenvalue weighted by atomic mass is 16.1. The third kappa shape index (κ3) is 5.55. The van der Waals surface area contributed by atoms with Gasteiger partial charge in [-0.3, -0.25) is 4.79 Å². The van der Waals surface area contributed by atoms with Crippen LogP contribution in [0.2, 0.25) is 0 Å². The first-order chi connectivity index (χ1) is 12.0. The molecule has 1 aromatic carbocycles. The molecule has 4 N–H and O–H groups in total. The van der Waals surface area contributed by atoms with Gasteiger partial charge in [0.15, 0.2) is 0 Å². The molecule has 2 rings (SSSR count). The van der Waals surface area contributed by atoms with Crippen LogP contribution in [0.1, 0.15) is 70.9 Å². The van der Waals surface area contributed by atoms with Crippen LogP contribution in [0.4, 0.5) is 0 Å². The Morgan fingerprint density at radius 1 is 1.24 bits per heavy atom. The lowest BCUT2D eigenvalue weighted by Crippen LogP contribution is -2.53. The van der Waals surface area contributed by atoms with Crippen molar-refractivity contribution in [2.45, 2.75) is 76.9 Å². The molecular formula is C21H35N3O. The minimum absolute atomic E-state index is 0.0806. The van der Waals surface area contributed by atoms with Gasteiger partial charge >= 0.3 is 0 Å². The van der Waals surface area contributed by atoms with Crippen LogP contribution in [0.3, 0.4) is 0 Å². The van der Waals surface area contributed by atoms with Gasteiger partial charge in [-0.05, 0) is 44.1 Å². The van der Waals surface area contributed by atoms with Crippen LogP contribution in [0.5, 0.6) is 0 Å². The van der Waals surface area contributed by atoms with Crippen LogP contribution in [0.25, 0.3) is 0 Å². The van der Waals surface area contributed by atoms with Crippen molar-refractivity contribution in [3.8, 4) is 0 Å². The Morgan fingerprint density at radius 3 is 2.48 bits per heavy atom. The number of benzene rings is 1. The summed E-state index contributed by atoms with van der Waals surface area (Å²) in [5, 5.41) is 6.94. The first kappa shape index (κ1) is 19.9. The number of amides is 1. The van der Waals surface area contributed by atoms with E-state index in [1.165, 1.54) is 5.56 Å². The molecule has 4 nitrogen and oxygen atoms in total. The summed E-state index contributed by atoms with van der Waals surface area (Å²) in [5.74, 6) is 0.497. The quantitative estimate of drug-likeness (QED) is 0.641. The second-order valence-electron chi connectivity index (χ2n) is 7.60. The highest BCUT2D eigenvalue weighted by molar-refractivity contribution is 5.76. The highest BCUT2D eigenvalue weighted by Crippen LogP contribution is 2.27. The SMILES string of the molecule is CCC(CC)(CNC(=O)C[C@@H]1CCC[C@H]1N)NC(C)c1ccccc1. The molecule has 0 aromatic heterocycles. The van der Waals surface area contributed by atoms with Crippen molar-refractivity contribution in [2.24, 2.45) is 11.7 Å². The molecule has 0 bridgehead atoms. The molecule has 140 valence electrons. The lowest BCUT2D eigenvalue weighted by molar-refractivity contribution is -0.122. The van der Waals surface area contributed by atoms with Crippen molar-refractivity contribution in [1.29, 1.82) is 0 Å². The summed E-state index contributed by atoms with van der Waals surface area (Å²) in [6.45, 7) is 7.23. The zero-order valence-electron chi connectivity index (χ0n) is 16.1. The topological polar surface area (TPSA) is 67.2 Å². The maximum Gasteiger partial charge on any atom is 0.220 e. The summed E-state index contributed by atoms with van der Waals surface area (Å²) in [4.78, 5) is 12.4. The van der Waals surface area contributed by atoms with Gasteiger partial charge in [-0.1, -0.05) is 50.6 Å². The van der Waals surface area contributed by atoms with Crippen LogP contribution < -0.4 is 16.4 Å². The monoisotopic (exact) mass is 345 g/mol. The molecule has 0 heterocycles. The Hall–Kier alpha value is -1.39. The van der Waals surface area contributed by atoms with Gasteiger partial charge in [0.1, 0.15) is 0 Å². The van der Waals surface area contributed by atoms with Crippen molar-refractivity contribution in [3.05, 3.63) is 35.9 Å². The fraction of sp³-hybridized carbons (Fsp3) is 0.667. The third-order valence-electron chi connectivity index (χ3n) is 5.97. The summed E-state index contributed by atoms with van der Waals surface area (Å²) >= 11 is 0.